The summed E-state index contributed by atoms with van der Waals surface area (Å²) in [4.78, 5) is 7.90. The molecule has 2 rings (SSSR count). The van der Waals surface area contributed by atoms with Gasteiger partial charge in [-0.05, 0) is 18.6 Å². The average molecular weight is 204 g/mol. The number of rotatable bonds is 3. The van der Waals surface area contributed by atoms with E-state index in [-0.39, 0.29) is 6.04 Å². The topological polar surface area (TPSA) is 63.8 Å². The molecule has 1 N–H and O–H groups in total. The summed E-state index contributed by atoms with van der Waals surface area (Å²) in [5, 5.41) is 13.8. The second-order valence-electron chi connectivity index (χ2n) is 3.35. The lowest BCUT2D eigenvalue weighted by Crippen LogP contribution is -2.23. The van der Waals surface area contributed by atoms with E-state index in [1.165, 1.54) is 6.33 Å². The molecule has 2 aromatic rings. The highest BCUT2D eigenvalue weighted by atomic mass is 16.3. The van der Waals surface area contributed by atoms with E-state index in [2.05, 4.69) is 15.1 Å². The molecule has 2 unspecified atom stereocenters. The van der Waals surface area contributed by atoms with Crippen molar-refractivity contribution in [1.82, 2.24) is 19.7 Å². The van der Waals surface area contributed by atoms with Crippen LogP contribution in [0.5, 0.6) is 0 Å². The van der Waals surface area contributed by atoms with E-state index in [0.717, 1.165) is 5.56 Å². The summed E-state index contributed by atoms with van der Waals surface area (Å²) in [6.45, 7) is 1.72. The molecule has 5 nitrogen and oxygen atoms in total. The van der Waals surface area contributed by atoms with Crippen molar-refractivity contribution in [3.8, 4) is 0 Å². The van der Waals surface area contributed by atoms with Gasteiger partial charge < -0.3 is 5.11 Å². The zero-order chi connectivity index (χ0) is 10.7. The summed E-state index contributed by atoms with van der Waals surface area (Å²) >= 11 is 0. The van der Waals surface area contributed by atoms with Crippen molar-refractivity contribution in [2.24, 2.45) is 0 Å². The van der Waals surface area contributed by atoms with Crippen molar-refractivity contribution in [1.29, 1.82) is 0 Å². The SMILES string of the molecule is CC(O)C(c1cccnc1)n1cncn1. The van der Waals surface area contributed by atoms with Crippen molar-refractivity contribution >= 4 is 0 Å². The molecule has 0 amide bonds. The van der Waals surface area contributed by atoms with Crippen molar-refractivity contribution in [2.45, 2.75) is 19.1 Å². The van der Waals surface area contributed by atoms with Crippen LogP contribution >= 0.6 is 0 Å². The van der Waals surface area contributed by atoms with Crippen LogP contribution in [-0.4, -0.2) is 31.0 Å². The van der Waals surface area contributed by atoms with Gasteiger partial charge in [-0.1, -0.05) is 6.07 Å². The predicted octanol–water partition coefficient (Wildman–Crippen LogP) is 0.643. The summed E-state index contributed by atoms with van der Waals surface area (Å²) in [7, 11) is 0. The number of pyridine rings is 1. The first kappa shape index (κ1) is 9.79. The fraction of sp³-hybridized carbons (Fsp3) is 0.300. The highest BCUT2D eigenvalue weighted by Gasteiger charge is 2.19. The van der Waals surface area contributed by atoms with E-state index in [9.17, 15) is 5.11 Å². The zero-order valence-electron chi connectivity index (χ0n) is 8.35. The fourth-order valence-electron chi connectivity index (χ4n) is 1.56. The minimum atomic E-state index is -0.545. The highest BCUT2D eigenvalue weighted by Crippen LogP contribution is 2.19. The standard InChI is InChI=1S/C10H12N4O/c1-8(15)10(14-7-12-6-13-14)9-3-2-4-11-5-9/h2-8,10,15H,1H3. The van der Waals surface area contributed by atoms with E-state index in [0.29, 0.717) is 0 Å². The van der Waals surface area contributed by atoms with Gasteiger partial charge in [0.05, 0.1) is 6.10 Å². The summed E-state index contributed by atoms with van der Waals surface area (Å²) in [5.74, 6) is 0. The average Bonchev–Trinajstić information content (AvgIpc) is 2.72. The molecule has 0 aliphatic heterocycles. The van der Waals surface area contributed by atoms with Crippen molar-refractivity contribution in [2.75, 3.05) is 0 Å². The Bertz CT molecular complexity index is 399. The Kier molecular flexibility index (Phi) is 2.73. The summed E-state index contributed by atoms with van der Waals surface area (Å²) in [6.07, 6.45) is 5.91. The molecule has 0 spiro atoms. The molecule has 0 saturated carbocycles. The monoisotopic (exact) mass is 204 g/mol. The molecule has 2 aromatic heterocycles. The third kappa shape index (κ3) is 2.02. The summed E-state index contributed by atoms with van der Waals surface area (Å²) in [5.41, 5.74) is 0.915. The normalized spacial score (nSPS) is 14.8. The van der Waals surface area contributed by atoms with Crippen LogP contribution in [0.4, 0.5) is 0 Å². The first-order valence-corrected chi connectivity index (χ1v) is 4.71. The maximum Gasteiger partial charge on any atom is 0.137 e. The Morgan fingerprint density at radius 1 is 1.40 bits per heavy atom. The highest BCUT2D eigenvalue weighted by molar-refractivity contribution is 5.15. The van der Waals surface area contributed by atoms with Gasteiger partial charge in [0.2, 0.25) is 0 Å². The van der Waals surface area contributed by atoms with Crippen molar-refractivity contribution < 1.29 is 5.11 Å². The molecule has 0 aliphatic carbocycles. The molecular weight excluding hydrogens is 192 g/mol. The van der Waals surface area contributed by atoms with E-state index in [4.69, 9.17) is 0 Å². The third-order valence-electron chi connectivity index (χ3n) is 2.20. The van der Waals surface area contributed by atoms with E-state index in [1.54, 1.807) is 30.3 Å². The molecule has 78 valence electrons. The van der Waals surface area contributed by atoms with Crippen LogP contribution in [0.15, 0.2) is 37.2 Å². The Morgan fingerprint density at radius 2 is 2.27 bits per heavy atom. The number of nitrogens with zero attached hydrogens (tertiary/aromatic N) is 4. The molecule has 0 radical (unpaired) electrons. The van der Waals surface area contributed by atoms with Gasteiger partial charge in [-0.3, -0.25) is 4.98 Å². The number of aliphatic hydroxyl groups excluding tert-OH is 1. The van der Waals surface area contributed by atoms with Crippen molar-refractivity contribution in [3.05, 3.63) is 42.7 Å². The molecule has 0 saturated heterocycles. The van der Waals surface area contributed by atoms with Crippen LogP contribution in [0.25, 0.3) is 0 Å². The number of hydrogen-bond donors (Lipinski definition) is 1. The molecule has 0 aromatic carbocycles. The maximum atomic E-state index is 9.72. The lowest BCUT2D eigenvalue weighted by molar-refractivity contribution is 0.142. The number of hydrogen-bond acceptors (Lipinski definition) is 4. The van der Waals surface area contributed by atoms with Gasteiger partial charge in [0.25, 0.3) is 0 Å². The first-order valence-electron chi connectivity index (χ1n) is 4.71. The Hall–Kier alpha value is -1.75. The molecule has 0 aliphatic rings. The molecule has 2 heterocycles. The number of aliphatic hydroxyl groups is 1. The Labute approximate surface area is 87.4 Å². The quantitative estimate of drug-likeness (QED) is 0.797. The van der Waals surface area contributed by atoms with Crippen LogP contribution in [-0.2, 0) is 0 Å². The second kappa shape index (κ2) is 4.18. The van der Waals surface area contributed by atoms with Gasteiger partial charge in [0, 0.05) is 12.4 Å². The van der Waals surface area contributed by atoms with Crippen LogP contribution in [0.2, 0.25) is 0 Å². The Balaban J connectivity index is 2.37. The lowest BCUT2D eigenvalue weighted by atomic mass is 10.1. The van der Waals surface area contributed by atoms with E-state index < -0.39 is 6.10 Å². The van der Waals surface area contributed by atoms with Gasteiger partial charge in [0.15, 0.2) is 0 Å². The molecular formula is C10H12N4O. The largest absolute Gasteiger partial charge is 0.391 e. The maximum absolute atomic E-state index is 9.72. The molecule has 5 heteroatoms. The van der Waals surface area contributed by atoms with Crippen LogP contribution in [0.1, 0.15) is 18.5 Å². The van der Waals surface area contributed by atoms with Gasteiger partial charge in [-0.15, -0.1) is 0 Å². The fourth-order valence-corrected chi connectivity index (χ4v) is 1.56. The number of aromatic nitrogens is 4. The van der Waals surface area contributed by atoms with Gasteiger partial charge in [0.1, 0.15) is 18.7 Å². The van der Waals surface area contributed by atoms with Crippen LogP contribution in [0, 0.1) is 0 Å². The lowest BCUT2D eigenvalue weighted by Gasteiger charge is -2.19. The van der Waals surface area contributed by atoms with Crippen LogP contribution < -0.4 is 0 Å². The minimum Gasteiger partial charge on any atom is -0.391 e. The van der Waals surface area contributed by atoms with Crippen LogP contribution in [0.3, 0.4) is 0 Å². The molecule has 0 bridgehead atoms. The summed E-state index contributed by atoms with van der Waals surface area (Å²) in [6, 6.07) is 3.51. The van der Waals surface area contributed by atoms with E-state index >= 15 is 0 Å². The van der Waals surface area contributed by atoms with Gasteiger partial charge >= 0.3 is 0 Å². The van der Waals surface area contributed by atoms with Gasteiger partial charge in [-0.25, -0.2) is 9.67 Å². The minimum absolute atomic E-state index is 0.235. The third-order valence-corrected chi connectivity index (χ3v) is 2.20. The van der Waals surface area contributed by atoms with Gasteiger partial charge in [-0.2, -0.15) is 5.10 Å². The smallest absolute Gasteiger partial charge is 0.137 e. The molecule has 15 heavy (non-hydrogen) atoms. The second-order valence-corrected chi connectivity index (χ2v) is 3.35. The van der Waals surface area contributed by atoms with Crippen molar-refractivity contribution in [3.63, 3.8) is 0 Å². The predicted molar refractivity (Wildman–Crippen MR) is 54.1 cm³/mol. The molecule has 2 atom stereocenters. The zero-order valence-corrected chi connectivity index (χ0v) is 8.35. The summed E-state index contributed by atoms with van der Waals surface area (Å²) < 4.78 is 1.63. The Morgan fingerprint density at radius 3 is 2.80 bits per heavy atom. The molecule has 0 fully saturated rings. The van der Waals surface area contributed by atoms with E-state index in [1.807, 2.05) is 12.1 Å². The first-order chi connectivity index (χ1) is 7.29.